The van der Waals surface area contributed by atoms with E-state index in [1.54, 1.807) is 11.3 Å². The van der Waals surface area contributed by atoms with E-state index in [1.807, 2.05) is 14.0 Å². The molecule has 0 aromatic carbocycles. The summed E-state index contributed by atoms with van der Waals surface area (Å²) in [4.78, 5) is 10.3. The zero-order chi connectivity index (χ0) is 13.8. The van der Waals surface area contributed by atoms with E-state index in [0.717, 1.165) is 39.8 Å². The molecule has 4 nitrogen and oxygen atoms in total. The second-order valence-electron chi connectivity index (χ2n) is 4.12. The van der Waals surface area contributed by atoms with Crippen LogP contribution in [0.1, 0.15) is 23.2 Å². The highest BCUT2D eigenvalue weighted by Crippen LogP contribution is 2.24. The maximum Gasteiger partial charge on any atom is 0.135 e. The number of hydrogen-bond acceptors (Lipinski definition) is 5. The second kappa shape index (κ2) is 6.34. The molecule has 2 N–H and O–H groups in total. The van der Waals surface area contributed by atoms with Crippen LogP contribution < -0.4 is 10.6 Å². The van der Waals surface area contributed by atoms with E-state index < -0.39 is 0 Å². The molecule has 0 saturated carbocycles. The Labute approximate surface area is 125 Å². The number of aromatic nitrogens is 2. The van der Waals surface area contributed by atoms with Gasteiger partial charge < -0.3 is 10.6 Å². The zero-order valence-corrected chi connectivity index (χ0v) is 13.7. The summed E-state index contributed by atoms with van der Waals surface area (Å²) in [7, 11) is 1.88. The summed E-state index contributed by atoms with van der Waals surface area (Å²) in [6.45, 7) is 4.86. The van der Waals surface area contributed by atoms with Gasteiger partial charge >= 0.3 is 0 Å². The molecular weight excluding hydrogens is 324 g/mol. The van der Waals surface area contributed by atoms with E-state index in [1.165, 1.54) is 4.88 Å². The maximum absolute atomic E-state index is 4.55. The Morgan fingerprint density at radius 1 is 1.26 bits per heavy atom. The molecule has 0 aliphatic rings. The van der Waals surface area contributed by atoms with Crippen molar-refractivity contribution in [3.63, 3.8) is 0 Å². The summed E-state index contributed by atoms with van der Waals surface area (Å²) >= 11 is 5.20. The average Bonchev–Trinajstić information content (AvgIpc) is 2.83. The molecule has 0 atom stereocenters. The summed E-state index contributed by atoms with van der Waals surface area (Å²) in [6, 6.07) is 4.17. The number of halogens is 1. The molecule has 2 aromatic heterocycles. The molecule has 0 fully saturated rings. The molecule has 2 heterocycles. The van der Waals surface area contributed by atoms with Gasteiger partial charge in [0.15, 0.2) is 0 Å². The molecule has 0 spiro atoms. The van der Waals surface area contributed by atoms with Crippen LogP contribution in [0.4, 0.5) is 11.6 Å². The SMILES string of the molecule is CCc1nc(NC)c(C)c(NCc2ccc(Br)s2)n1. The van der Waals surface area contributed by atoms with E-state index >= 15 is 0 Å². The van der Waals surface area contributed by atoms with Crippen molar-refractivity contribution < 1.29 is 0 Å². The van der Waals surface area contributed by atoms with Gasteiger partial charge in [-0.25, -0.2) is 9.97 Å². The molecule has 0 radical (unpaired) electrons. The largest absolute Gasteiger partial charge is 0.373 e. The maximum atomic E-state index is 4.55. The van der Waals surface area contributed by atoms with Crippen LogP contribution in [0, 0.1) is 6.92 Å². The lowest BCUT2D eigenvalue weighted by Crippen LogP contribution is -2.09. The highest BCUT2D eigenvalue weighted by atomic mass is 79.9. The number of aryl methyl sites for hydroxylation is 1. The van der Waals surface area contributed by atoms with E-state index in [4.69, 9.17) is 0 Å². The summed E-state index contributed by atoms with van der Waals surface area (Å²) < 4.78 is 1.15. The molecule has 2 aromatic rings. The molecule has 0 bridgehead atoms. The van der Waals surface area contributed by atoms with Crippen LogP contribution >= 0.6 is 27.3 Å². The quantitative estimate of drug-likeness (QED) is 0.868. The first-order valence-corrected chi connectivity index (χ1v) is 7.78. The summed E-state index contributed by atoms with van der Waals surface area (Å²) in [5.74, 6) is 2.65. The average molecular weight is 341 g/mol. The van der Waals surface area contributed by atoms with Crippen molar-refractivity contribution in [2.75, 3.05) is 17.7 Å². The first-order chi connectivity index (χ1) is 9.13. The van der Waals surface area contributed by atoms with E-state index in [2.05, 4.69) is 55.6 Å². The van der Waals surface area contributed by atoms with Crippen LogP contribution in [0.5, 0.6) is 0 Å². The van der Waals surface area contributed by atoms with Gasteiger partial charge in [-0.2, -0.15) is 0 Å². The Kier molecular flexibility index (Phi) is 4.76. The summed E-state index contributed by atoms with van der Waals surface area (Å²) in [5, 5.41) is 6.51. The Morgan fingerprint density at radius 2 is 2.00 bits per heavy atom. The minimum Gasteiger partial charge on any atom is -0.373 e. The van der Waals surface area contributed by atoms with Gasteiger partial charge in [-0.3, -0.25) is 0 Å². The number of anilines is 2. The van der Waals surface area contributed by atoms with Gasteiger partial charge in [-0.05, 0) is 35.0 Å². The molecule has 0 saturated heterocycles. The predicted molar refractivity (Wildman–Crippen MR) is 85.0 cm³/mol. The van der Waals surface area contributed by atoms with E-state index in [9.17, 15) is 0 Å². The van der Waals surface area contributed by atoms with Crippen LogP contribution in [0.2, 0.25) is 0 Å². The van der Waals surface area contributed by atoms with Gasteiger partial charge in [0, 0.05) is 23.9 Å². The fourth-order valence-electron chi connectivity index (χ4n) is 1.75. The van der Waals surface area contributed by atoms with Crippen molar-refractivity contribution in [1.82, 2.24) is 9.97 Å². The van der Waals surface area contributed by atoms with Crippen LogP contribution in [-0.4, -0.2) is 17.0 Å². The molecule has 102 valence electrons. The smallest absolute Gasteiger partial charge is 0.135 e. The van der Waals surface area contributed by atoms with Crippen LogP contribution in [-0.2, 0) is 13.0 Å². The van der Waals surface area contributed by atoms with Crippen molar-refractivity contribution in [1.29, 1.82) is 0 Å². The van der Waals surface area contributed by atoms with Gasteiger partial charge in [0.2, 0.25) is 0 Å². The first-order valence-electron chi connectivity index (χ1n) is 6.17. The van der Waals surface area contributed by atoms with Crippen molar-refractivity contribution in [2.45, 2.75) is 26.8 Å². The fraction of sp³-hybridized carbons (Fsp3) is 0.385. The van der Waals surface area contributed by atoms with Crippen molar-refractivity contribution in [3.8, 4) is 0 Å². The third kappa shape index (κ3) is 3.45. The summed E-state index contributed by atoms with van der Waals surface area (Å²) in [5.41, 5.74) is 1.05. The van der Waals surface area contributed by atoms with Gasteiger partial charge in [-0.15, -0.1) is 11.3 Å². The Hall–Kier alpha value is -1.14. The summed E-state index contributed by atoms with van der Waals surface area (Å²) in [6.07, 6.45) is 0.828. The minimum atomic E-state index is 0.778. The molecule has 0 amide bonds. The van der Waals surface area contributed by atoms with Crippen LogP contribution in [0.3, 0.4) is 0 Å². The van der Waals surface area contributed by atoms with Gasteiger partial charge in [0.25, 0.3) is 0 Å². The number of nitrogens with one attached hydrogen (secondary N) is 2. The van der Waals surface area contributed by atoms with E-state index in [0.29, 0.717) is 0 Å². The standard InChI is InChI=1S/C13H17BrN4S/c1-4-11-17-12(15-3)8(2)13(18-11)16-7-9-5-6-10(14)19-9/h5-6H,4,7H2,1-3H3,(H2,15,16,17,18). The van der Waals surface area contributed by atoms with Gasteiger partial charge in [0.05, 0.1) is 10.3 Å². The minimum absolute atomic E-state index is 0.778. The van der Waals surface area contributed by atoms with Gasteiger partial charge in [-0.1, -0.05) is 6.92 Å². The molecule has 0 unspecified atom stereocenters. The van der Waals surface area contributed by atoms with Gasteiger partial charge in [0.1, 0.15) is 17.5 Å². The molecule has 2 rings (SSSR count). The van der Waals surface area contributed by atoms with Crippen molar-refractivity contribution in [2.24, 2.45) is 0 Å². The highest BCUT2D eigenvalue weighted by Gasteiger charge is 2.09. The Morgan fingerprint density at radius 3 is 2.58 bits per heavy atom. The Bertz CT molecular complexity index is 568. The topological polar surface area (TPSA) is 49.8 Å². The monoisotopic (exact) mass is 340 g/mol. The van der Waals surface area contributed by atoms with Crippen LogP contribution in [0.25, 0.3) is 0 Å². The highest BCUT2D eigenvalue weighted by molar-refractivity contribution is 9.11. The number of rotatable bonds is 5. The van der Waals surface area contributed by atoms with Crippen molar-refractivity contribution >= 4 is 38.9 Å². The molecule has 19 heavy (non-hydrogen) atoms. The fourth-order valence-corrected chi connectivity index (χ4v) is 3.18. The Balaban J connectivity index is 2.19. The lowest BCUT2D eigenvalue weighted by Gasteiger charge is -2.12. The first kappa shape index (κ1) is 14.3. The third-order valence-corrected chi connectivity index (χ3v) is 4.43. The second-order valence-corrected chi connectivity index (χ2v) is 6.67. The predicted octanol–water partition coefficient (Wildman–Crippen LogP) is 3.83. The molecule has 0 aliphatic heterocycles. The van der Waals surface area contributed by atoms with E-state index in [-0.39, 0.29) is 0 Å². The number of hydrogen-bond donors (Lipinski definition) is 2. The lowest BCUT2D eigenvalue weighted by molar-refractivity contribution is 0.926. The zero-order valence-electron chi connectivity index (χ0n) is 11.2. The molecule has 0 aliphatic carbocycles. The van der Waals surface area contributed by atoms with Crippen LogP contribution in [0.15, 0.2) is 15.9 Å². The molecular formula is C13H17BrN4S. The van der Waals surface area contributed by atoms with Crippen molar-refractivity contribution in [3.05, 3.63) is 32.2 Å². The number of nitrogens with zero attached hydrogens (tertiary/aromatic N) is 2. The number of thiophene rings is 1. The third-order valence-electron chi connectivity index (χ3n) is 2.80. The molecule has 6 heteroatoms. The lowest BCUT2D eigenvalue weighted by atomic mass is 10.3. The normalized spacial score (nSPS) is 10.5.